The summed E-state index contributed by atoms with van der Waals surface area (Å²) >= 11 is 0. The van der Waals surface area contributed by atoms with Crippen LogP contribution in [0.25, 0.3) is 0 Å². The number of likely N-dealkylation sites (N-methyl/N-ethyl adjacent to an activating group) is 2. The smallest absolute Gasteiger partial charge is 0.0558 e. The molecule has 0 aliphatic rings. The minimum Gasteiger partial charge on any atom is -0.395 e. The molecular weight excluding hydrogens is 224 g/mol. The van der Waals surface area contributed by atoms with Gasteiger partial charge < -0.3 is 15.3 Å². The molecule has 2 N–H and O–H groups in total. The molecule has 0 fully saturated rings. The number of benzene rings is 1. The lowest BCUT2D eigenvalue weighted by atomic mass is 9.81. The molecule has 0 saturated heterocycles. The van der Waals surface area contributed by atoms with Crippen molar-refractivity contribution in [3.05, 3.63) is 35.9 Å². The second-order valence-corrected chi connectivity index (χ2v) is 5.05. The van der Waals surface area contributed by atoms with Gasteiger partial charge in [-0.25, -0.2) is 0 Å². The van der Waals surface area contributed by atoms with Crippen molar-refractivity contribution in [1.29, 1.82) is 0 Å². The van der Waals surface area contributed by atoms with E-state index < -0.39 is 0 Å². The summed E-state index contributed by atoms with van der Waals surface area (Å²) in [5.74, 6) is 0. The third-order valence-electron chi connectivity index (χ3n) is 3.47. The van der Waals surface area contributed by atoms with E-state index in [4.69, 9.17) is 5.11 Å². The Morgan fingerprint density at radius 3 is 2.44 bits per heavy atom. The SMILES string of the molecule is CCN(CCO)CC(C)(CNC)c1ccccc1. The lowest BCUT2D eigenvalue weighted by molar-refractivity contribution is 0.171. The van der Waals surface area contributed by atoms with Crippen molar-refractivity contribution in [3.8, 4) is 0 Å². The monoisotopic (exact) mass is 250 g/mol. The molecule has 18 heavy (non-hydrogen) atoms. The van der Waals surface area contributed by atoms with E-state index in [1.54, 1.807) is 0 Å². The third kappa shape index (κ3) is 4.09. The molecular formula is C15H26N2O. The number of rotatable bonds is 8. The summed E-state index contributed by atoms with van der Waals surface area (Å²) in [7, 11) is 1.99. The molecule has 1 atom stereocenters. The van der Waals surface area contributed by atoms with Gasteiger partial charge in [0.2, 0.25) is 0 Å². The van der Waals surface area contributed by atoms with Crippen LogP contribution in [0.2, 0.25) is 0 Å². The average Bonchev–Trinajstić information content (AvgIpc) is 2.39. The van der Waals surface area contributed by atoms with Crippen LogP contribution in [0.15, 0.2) is 30.3 Å². The Morgan fingerprint density at radius 1 is 1.28 bits per heavy atom. The van der Waals surface area contributed by atoms with Crippen LogP contribution in [0.4, 0.5) is 0 Å². The van der Waals surface area contributed by atoms with E-state index in [9.17, 15) is 0 Å². The normalized spacial score (nSPS) is 14.7. The second kappa shape index (κ2) is 7.52. The molecule has 102 valence electrons. The van der Waals surface area contributed by atoms with E-state index in [0.29, 0.717) is 0 Å². The van der Waals surface area contributed by atoms with Gasteiger partial charge in [-0.1, -0.05) is 44.2 Å². The van der Waals surface area contributed by atoms with Gasteiger partial charge in [-0.2, -0.15) is 0 Å². The summed E-state index contributed by atoms with van der Waals surface area (Å²) in [5.41, 5.74) is 1.41. The minimum atomic E-state index is 0.0706. The van der Waals surface area contributed by atoms with Crippen LogP contribution < -0.4 is 5.32 Å². The molecule has 0 saturated carbocycles. The molecule has 3 heteroatoms. The molecule has 0 aliphatic heterocycles. The van der Waals surface area contributed by atoms with Crippen molar-refractivity contribution in [1.82, 2.24) is 10.2 Å². The van der Waals surface area contributed by atoms with Gasteiger partial charge >= 0.3 is 0 Å². The van der Waals surface area contributed by atoms with Crippen molar-refractivity contribution in [3.63, 3.8) is 0 Å². The molecule has 0 spiro atoms. The van der Waals surface area contributed by atoms with E-state index in [1.165, 1.54) is 5.56 Å². The average molecular weight is 250 g/mol. The quantitative estimate of drug-likeness (QED) is 0.733. The molecule has 1 aromatic rings. The molecule has 0 heterocycles. The number of hydrogen-bond acceptors (Lipinski definition) is 3. The maximum atomic E-state index is 9.11. The summed E-state index contributed by atoms with van der Waals surface area (Å²) in [4.78, 5) is 2.30. The number of hydrogen-bond donors (Lipinski definition) is 2. The van der Waals surface area contributed by atoms with E-state index >= 15 is 0 Å². The van der Waals surface area contributed by atoms with Crippen molar-refractivity contribution in [2.75, 3.05) is 39.8 Å². The molecule has 3 nitrogen and oxygen atoms in total. The highest BCUT2D eigenvalue weighted by molar-refractivity contribution is 5.25. The summed E-state index contributed by atoms with van der Waals surface area (Å²) < 4.78 is 0. The topological polar surface area (TPSA) is 35.5 Å². The van der Waals surface area contributed by atoms with Gasteiger partial charge in [0.25, 0.3) is 0 Å². The van der Waals surface area contributed by atoms with Crippen molar-refractivity contribution in [2.24, 2.45) is 0 Å². The highest BCUT2D eigenvalue weighted by Gasteiger charge is 2.27. The number of aliphatic hydroxyl groups excluding tert-OH is 1. The fourth-order valence-corrected chi connectivity index (χ4v) is 2.46. The Morgan fingerprint density at radius 2 is 1.94 bits per heavy atom. The van der Waals surface area contributed by atoms with Gasteiger partial charge in [0.15, 0.2) is 0 Å². The number of nitrogens with zero attached hydrogens (tertiary/aromatic N) is 1. The lowest BCUT2D eigenvalue weighted by Gasteiger charge is -2.35. The molecule has 0 bridgehead atoms. The van der Waals surface area contributed by atoms with E-state index in [-0.39, 0.29) is 12.0 Å². The maximum Gasteiger partial charge on any atom is 0.0558 e. The molecule has 1 aromatic carbocycles. The molecule has 0 radical (unpaired) electrons. The van der Waals surface area contributed by atoms with Crippen LogP contribution in [0.5, 0.6) is 0 Å². The first kappa shape index (κ1) is 15.2. The van der Waals surface area contributed by atoms with Gasteiger partial charge in [0.05, 0.1) is 6.61 Å². The summed E-state index contributed by atoms with van der Waals surface area (Å²) in [5, 5.41) is 12.4. The summed E-state index contributed by atoms with van der Waals surface area (Å²) in [6.45, 7) is 8.22. The number of nitrogens with one attached hydrogen (secondary N) is 1. The Balaban J connectivity index is 2.86. The fourth-order valence-electron chi connectivity index (χ4n) is 2.46. The first-order valence-corrected chi connectivity index (χ1v) is 6.69. The van der Waals surface area contributed by atoms with Crippen LogP contribution in [0, 0.1) is 0 Å². The third-order valence-corrected chi connectivity index (χ3v) is 3.47. The molecule has 0 aliphatic carbocycles. The largest absolute Gasteiger partial charge is 0.395 e. The van der Waals surface area contributed by atoms with E-state index in [2.05, 4.69) is 54.4 Å². The van der Waals surface area contributed by atoms with Crippen molar-refractivity contribution < 1.29 is 5.11 Å². The van der Waals surface area contributed by atoms with Crippen molar-refractivity contribution in [2.45, 2.75) is 19.3 Å². The first-order valence-electron chi connectivity index (χ1n) is 6.69. The fraction of sp³-hybridized carbons (Fsp3) is 0.600. The van der Waals surface area contributed by atoms with Gasteiger partial charge in [-0.15, -0.1) is 0 Å². The Labute approximate surface area is 111 Å². The Bertz CT molecular complexity index is 329. The highest BCUT2D eigenvalue weighted by atomic mass is 16.3. The molecule has 1 unspecified atom stereocenters. The van der Waals surface area contributed by atoms with E-state index in [0.717, 1.165) is 26.2 Å². The van der Waals surface area contributed by atoms with Gasteiger partial charge in [0.1, 0.15) is 0 Å². The van der Waals surface area contributed by atoms with Crippen molar-refractivity contribution >= 4 is 0 Å². The highest BCUT2D eigenvalue weighted by Crippen LogP contribution is 2.24. The predicted octanol–water partition coefficient (Wildman–Crippen LogP) is 1.48. The zero-order chi connectivity index (χ0) is 13.4. The zero-order valence-electron chi connectivity index (χ0n) is 11.8. The Kier molecular flexibility index (Phi) is 6.33. The van der Waals surface area contributed by atoms with E-state index in [1.807, 2.05) is 7.05 Å². The number of aliphatic hydroxyl groups is 1. The second-order valence-electron chi connectivity index (χ2n) is 5.05. The zero-order valence-corrected chi connectivity index (χ0v) is 11.8. The standard InChI is InChI=1S/C15H26N2O/c1-4-17(10-11-18)13-15(2,12-16-3)14-8-6-5-7-9-14/h5-9,16,18H,4,10-13H2,1-3H3. The molecule has 1 rings (SSSR count). The molecule has 0 amide bonds. The minimum absolute atomic E-state index is 0.0706. The van der Waals surface area contributed by atoms with Gasteiger partial charge in [0, 0.05) is 25.0 Å². The van der Waals surface area contributed by atoms with Gasteiger partial charge in [-0.05, 0) is 19.2 Å². The van der Waals surface area contributed by atoms with Crippen LogP contribution in [-0.2, 0) is 5.41 Å². The van der Waals surface area contributed by atoms with Crippen LogP contribution in [-0.4, -0.2) is 49.8 Å². The first-order chi connectivity index (χ1) is 8.66. The Hall–Kier alpha value is -0.900. The lowest BCUT2D eigenvalue weighted by Crippen LogP contribution is -2.45. The summed E-state index contributed by atoms with van der Waals surface area (Å²) in [6, 6.07) is 10.6. The van der Waals surface area contributed by atoms with Crippen LogP contribution in [0.3, 0.4) is 0 Å². The van der Waals surface area contributed by atoms with Crippen LogP contribution in [0.1, 0.15) is 19.4 Å². The maximum absolute atomic E-state index is 9.11. The summed E-state index contributed by atoms with van der Waals surface area (Å²) in [6.07, 6.45) is 0. The molecule has 0 aromatic heterocycles. The predicted molar refractivity (Wildman–Crippen MR) is 76.9 cm³/mol. The van der Waals surface area contributed by atoms with Crippen LogP contribution >= 0.6 is 0 Å². The van der Waals surface area contributed by atoms with Gasteiger partial charge in [-0.3, -0.25) is 0 Å².